The van der Waals surface area contributed by atoms with Gasteiger partial charge in [0.15, 0.2) is 0 Å². The minimum Gasteiger partial charge on any atom is -0.377 e. The lowest BCUT2D eigenvalue weighted by Crippen LogP contribution is -2.25. The normalized spacial score (nSPS) is 18.1. The largest absolute Gasteiger partial charge is 0.377 e. The van der Waals surface area contributed by atoms with Crippen molar-refractivity contribution in [3.05, 3.63) is 35.6 Å². The van der Waals surface area contributed by atoms with Crippen LogP contribution < -0.4 is 5.32 Å². The van der Waals surface area contributed by atoms with Gasteiger partial charge in [0.2, 0.25) is 0 Å². The molecule has 1 N–H and O–H groups in total. The number of benzene rings is 1. The third-order valence-corrected chi connectivity index (χ3v) is 3.58. The Morgan fingerprint density at radius 3 is 2.78 bits per heavy atom. The van der Waals surface area contributed by atoms with E-state index >= 15 is 0 Å². The smallest absolute Gasteiger partial charge is 0.127 e. The average molecular weight is 251 g/mol. The quantitative estimate of drug-likeness (QED) is 0.782. The number of ether oxygens (including phenoxy) is 1. The summed E-state index contributed by atoms with van der Waals surface area (Å²) in [7, 11) is 0. The first-order valence-electron chi connectivity index (χ1n) is 6.87. The van der Waals surface area contributed by atoms with Crippen LogP contribution in [0.15, 0.2) is 24.3 Å². The standard InChI is InChI=1S/C15H22FNO/c1-12(14-8-4-5-9-15(14)16)17-10-11-18-13-6-2-3-7-13/h4-5,8-9,12-13,17H,2-3,6-7,10-11H2,1H3. The third kappa shape index (κ3) is 3.79. The second-order valence-corrected chi connectivity index (χ2v) is 4.97. The van der Waals surface area contributed by atoms with Crippen molar-refractivity contribution < 1.29 is 9.13 Å². The molecule has 0 aliphatic heterocycles. The Kier molecular flexibility index (Phi) is 5.14. The molecule has 0 aromatic heterocycles. The summed E-state index contributed by atoms with van der Waals surface area (Å²) in [5, 5.41) is 3.30. The van der Waals surface area contributed by atoms with Crippen molar-refractivity contribution in [3.63, 3.8) is 0 Å². The summed E-state index contributed by atoms with van der Waals surface area (Å²) in [6, 6.07) is 6.94. The number of rotatable bonds is 6. The van der Waals surface area contributed by atoms with Crippen LogP contribution in [0, 0.1) is 5.82 Å². The number of halogens is 1. The van der Waals surface area contributed by atoms with Gasteiger partial charge in [-0.15, -0.1) is 0 Å². The molecule has 1 aromatic carbocycles. The van der Waals surface area contributed by atoms with Gasteiger partial charge in [-0.25, -0.2) is 4.39 Å². The Hall–Kier alpha value is -0.930. The first-order valence-corrected chi connectivity index (χ1v) is 6.87. The SMILES string of the molecule is CC(NCCOC1CCCC1)c1ccccc1F. The summed E-state index contributed by atoms with van der Waals surface area (Å²) in [6.07, 6.45) is 5.44. The van der Waals surface area contributed by atoms with Crippen LogP contribution in [0.2, 0.25) is 0 Å². The van der Waals surface area contributed by atoms with E-state index in [0.717, 1.165) is 12.1 Å². The van der Waals surface area contributed by atoms with Crippen molar-refractivity contribution in [1.29, 1.82) is 0 Å². The zero-order valence-corrected chi connectivity index (χ0v) is 11.0. The molecule has 1 aromatic rings. The van der Waals surface area contributed by atoms with E-state index in [9.17, 15) is 4.39 Å². The van der Waals surface area contributed by atoms with Gasteiger partial charge in [0.1, 0.15) is 5.82 Å². The Labute approximate surface area is 109 Å². The van der Waals surface area contributed by atoms with Crippen LogP contribution >= 0.6 is 0 Å². The molecule has 1 unspecified atom stereocenters. The minimum absolute atomic E-state index is 0.0263. The highest BCUT2D eigenvalue weighted by atomic mass is 19.1. The molecule has 0 radical (unpaired) electrons. The van der Waals surface area contributed by atoms with E-state index in [4.69, 9.17) is 4.74 Å². The molecule has 3 heteroatoms. The topological polar surface area (TPSA) is 21.3 Å². The Bertz CT molecular complexity index is 363. The first kappa shape index (κ1) is 13.5. The van der Waals surface area contributed by atoms with Crippen molar-refractivity contribution >= 4 is 0 Å². The average Bonchev–Trinajstić information content (AvgIpc) is 2.88. The molecule has 2 rings (SSSR count). The van der Waals surface area contributed by atoms with Crippen LogP contribution in [-0.4, -0.2) is 19.3 Å². The molecule has 0 heterocycles. The van der Waals surface area contributed by atoms with Crippen LogP contribution in [0.5, 0.6) is 0 Å². The molecule has 1 fully saturated rings. The van der Waals surface area contributed by atoms with Crippen molar-refractivity contribution in [2.75, 3.05) is 13.2 Å². The van der Waals surface area contributed by atoms with Crippen molar-refractivity contribution in [2.45, 2.75) is 44.8 Å². The highest BCUT2D eigenvalue weighted by molar-refractivity contribution is 5.20. The second kappa shape index (κ2) is 6.86. The van der Waals surface area contributed by atoms with Gasteiger partial charge >= 0.3 is 0 Å². The van der Waals surface area contributed by atoms with Crippen LogP contribution in [0.3, 0.4) is 0 Å². The third-order valence-electron chi connectivity index (χ3n) is 3.58. The lowest BCUT2D eigenvalue weighted by Gasteiger charge is -2.16. The van der Waals surface area contributed by atoms with Crippen LogP contribution in [0.4, 0.5) is 4.39 Å². The predicted octanol–water partition coefficient (Wildman–Crippen LogP) is 3.44. The lowest BCUT2D eigenvalue weighted by atomic mass is 10.1. The van der Waals surface area contributed by atoms with Gasteiger partial charge in [-0.1, -0.05) is 31.0 Å². The van der Waals surface area contributed by atoms with Gasteiger partial charge in [-0.2, -0.15) is 0 Å². The van der Waals surface area contributed by atoms with E-state index in [1.54, 1.807) is 6.07 Å². The second-order valence-electron chi connectivity index (χ2n) is 4.97. The van der Waals surface area contributed by atoms with Gasteiger partial charge in [0.05, 0.1) is 12.7 Å². The highest BCUT2D eigenvalue weighted by Crippen LogP contribution is 2.20. The summed E-state index contributed by atoms with van der Waals surface area (Å²) in [5.41, 5.74) is 0.721. The monoisotopic (exact) mass is 251 g/mol. The maximum absolute atomic E-state index is 13.5. The van der Waals surface area contributed by atoms with Gasteiger partial charge in [0.25, 0.3) is 0 Å². The van der Waals surface area contributed by atoms with Gasteiger partial charge in [-0.05, 0) is 25.8 Å². The Balaban J connectivity index is 1.68. The van der Waals surface area contributed by atoms with Crippen molar-refractivity contribution in [1.82, 2.24) is 5.32 Å². The zero-order chi connectivity index (χ0) is 12.8. The fraction of sp³-hybridized carbons (Fsp3) is 0.600. The maximum atomic E-state index is 13.5. The number of nitrogens with one attached hydrogen (secondary N) is 1. The molecule has 18 heavy (non-hydrogen) atoms. The van der Waals surface area contributed by atoms with Gasteiger partial charge in [0, 0.05) is 18.2 Å². The highest BCUT2D eigenvalue weighted by Gasteiger charge is 2.15. The molecule has 1 saturated carbocycles. The van der Waals surface area contributed by atoms with E-state index in [0.29, 0.717) is 12.7 Å². The fourth-order valence-electron chi connectivity index (χ4n) is 2.49. The fourth-order valence-corrected chi connectivity index (χ4v) is 2.49. The Morgan fingerprint density at radius 1 is 1.33 bits per heavy atom. The molecule has 1 aliphatic rings. The Morgan fingerprint density at radius 2 is 2.06 bits per heavy atom. The predicted molar refractivity (Wildman–Crippen MR) is 71.0 cm³/mol. The number of hydrogen-bond donors (Lipinski definition) is 1. The molecular formula is C15H22FNO. The molecule has 0 saturated heterocycles. The minimum atomic E-state index is -0.144. The molecule has 1 aliphatic carbocycles. The van der Waals surface area contributed by atoms with Gasteiger partial charge in [-0.3, -0.25) is 0 Å². The lowest BCUT2D eigenvalue weighted by molar-refractivity contribution is 0.0593. The van der Waals surface area contributed by atoms with E-state index in [1.165, 1.54) is 31.7 Å². The molecule has 0 amide bonds. The van der Waals surface area contributed by atoms with E-state index < -0.39 is 0 Å². The summed E-state index contributed by atoms with van der Waals surface area (Å²) in [5.74, 6) is -0.144. The van der Waals surface area contributed by atoms with E-state index in [-0.39, 0.29) is 11.9 Å². The van der Waals surface area contributed by atoms with Crippen molar-refractivity contribution in [2.24, 2.45) is 0 Å². The molecule has 0 bridgehead atoms. The summed E-state index contributed by atoms with van der Waals surface area (Å²) >= 11 is 0. The molecule has 0 spiro atoms. The molecular weight excluding hydrogens is 229 g/mol. The zero-order valence-electron chi connectivity index (χ0n) is 11.0. The number of hydrogen-bond acceptors (Lipinski definition) is 2. The first-order chi connectivity index (χ1) is 8.77. The van der Waals surface area contributed by atoms with Crippen LogP contribution in [0.1, 0.15) is 44.2 Å². The molecule has 1 atom stereocenters. The maximum Gasteiger partial charge on any atom is 0.127 e. The van der Waals surface area contributed by atoms with Crippen LogP contribution in [0.25, 0.3) is 0 Å². The van der Waals surface area contributed by atoms with Crippen LogP contribution in [-0.2, 0) is 4.74 Å². The molecule has 100 valence electrons. The summed E-state index contributed by atoms with van der Waals surface area (Å²) in [4.78, 5) is 0. The summed E-state index contributed by atoms with van der Waals surface area (Å²) < 4.78 is 19.3. The van der Waals surface area contributed by atoms with E-state index in [1.807, 2.05) is 19.1 Å². The molecule has 2 nitrogen and oxygen atoms in total. The van der Waals surface area contributed by atoms with E-state index in [2.05, 4.69) is 5.32 Å². The summed E-state index contributed by atoms with van der Waals surface area (Å²) in [6.45, 7) is 3.46. The van der Waals surface area contributed by atoms with Gasteiger partial charge < -0.3 is 10.1 Å². The van der Waals surface area contributed by atoms with Crippen molar-refractivity contribution in [3.8, 4) is 0 Å².